The molecule has 1 amide bonds. The lowest BCUT2D eigenvalue weighted by atomic mass is 10.1. The predicted octanol–water partition coefficient (Wildman–Crippen LogP) is 1.88. The zero-order chi connectivity index (χ0) is 17.2. The number of carbonyl (C=O) groups excluding carboxylic acids is 1. The van der Waals surface area contributed by atoms with Crippen molar-refractivity contribution in [2.45, 2.75) is 45.7 Å². The Kier molecular flexibility index (Phi) is 4.38. The van der Waals surface area contributed by atoms with Gasteiger partial charge in [-0.2, -0.15) is 0 Å². The number of anilines is 1. The molecule has 0 aliphatic carbocycles. The van der Waals surface area contributed by atoms with E-state index >= 15 is 0 Å². The van der Waals surface area contributed by atoms with Crippen molar-refractivity contribution in [3.63, 3.8) is 0 Å². The normalized spacial score (nSPS) is 17.5. The monoisotopic (exact) mass is 340 g/mol. The van der Waals surface area contributed by atoms with E-state index in [1.54, 1.807) is 6.20 Å². The Morgan fingerprint density at radius 1 is 1.12 bits per heavy atom. The zero-order valence-corrected chi connectivity index (χ0v) is 14.7. The molecule has 7 nitrogen and oxygen atoms in total. The van der Waals surface area contributed by atoms with Crippen molar-refractivity contribution in [1.29, 1.82) is 0 Å². The van der Waals surface area contributed by atoms with E-state index in [1.165, 1.54) is 6.42 Å². The number of hydrogen-bond donors (Lipinski definition) is 0. The van der Waals surface area contributed by atoms with Crippen LogP contribution in [-0.2, 0) is 19.5 Å². The highest BCUT2D eigenvalue weighted by Gasteiger charge is 2.28. The summed E-state index contributed by atoms with van der Waals surface area (Å²) in [4.78, 5) is 21.8. The van der Waals surface area contributed by atoms with Crippen molar-refractivity contribution in [3.8, 4) is 0 Å². The van der Waals surface area contributed by atoms with Gasteiger partial charge >= 0.3 is 0 Å². The maximum absolute atomic E-state index is 13.2. The highest BCUT2D eigenvalue weighted by molar-refractivity contribution is 5.99. The minimum atomic E-state index is 0.0426. The second kappa shape index (κ2) is 6.82. The van der Waals surface area contributed by atoms with Crippen LogP contribution < -0.4 is 4.90 Å². The third-order valence-electron chi connectivity index (χ3n) is 5.11. The summed E-state index contributed by atoms with van der Waals surface area (Å²) < 4.78 is 2.14. The molecule has 2 aromatic rings. The van der Waals surface area contributed by atoms with Gasteiger partial charge in [0.05, 0.1) is 12.1 Å². The van der Waals surface area contributed by atoms with Crippen molar-refractivity contribution in [2.75, 3.05) is 24.5 Å². The van der Waals surface area contributed by atoms with Gasteiger partial charge in [-0.25, -0.2) is 4.98 Å². The Balaban J connectivity index is 1.57. The highest BCUT2D eigenvalue weighted by atomic mass is 16.2. The number of fused-ring (bicyclic) bond motifs is 1. The van der Waals surface area contributed by atoms with E-state index in [9.17, 15) is 4.79 Å². The van der Waals surface area contributed by atoms with E-state index in [1.807, 2.05) is 17.0 Å². The summed E-state index contributed by atoms with van der Waals surface area (Å²) in [6.45, 7) is 5.99. The second-order valence-electron chi connectivity index (χ2n) is 6.69. The summed E-state index contributed by atoms with van der Waals surface area (Å²) in [5.74, 6) is 2.74. The topological polar surface area (TPSA) is 67.2 Å². The third kappa shape index (κ3) is 2.99. The predicted molar refractivity (Wildman–Crippen MR) is 94.4 cm³/mol. The van der Waals surface area contributed by atoms with Crippen molar-refractivity contribution >= 4 is 11.7 Å². The van der Waals surface area contributed by atoms with E-state index in [4.69, 9.17) is 0 Å². The zero-order valence-electron chi connectivity index (χ0n) is 14.7. The van der Waals surface area contributed by atoms with Gasteiger partial charge in [-0.05, 0) is 31.4 Å². The first kappa shape index (κ1) is 16.1. The quantitative estimate of drug-likeness (QED) is 0.853. The molecule has 0 N–H and O–H groups in total. The first-order valence-corrected chi connectivity index (χ1v) is 9.18. The fourth-order valence-electron chi connectivity index (χ4n) is 3.74. The van der Waals surface area contributed by atoms with Crippen LogP contribution in [0.15, 0.2) is 18.3 Å². The average molecular weight is 340 g/mol. The van der Waals surface area contributed by atoms with Gasteiger partial charge in [0.15, 0.2) is 5.82 Å². The molecule has 0 spiro atoms. The van der Waals surface area contributed by atoms with Crippen LogP contribution in [0.4, 0.5) is 5.82 Å². The number of carbonyl (C=O) groups is 1. The lowest BCUT2D eigenvalue weighted by Gasteiger charge is -2.32. The Labute approximate surface area is 147 Å². The molecule has 7 heteroatoms. The van der Waals surface area contributed by atoms with Gasteiger partial charge in [-0.1, -0.05) is 6.92 Å². The smallest absolute Gasteiger partial charge is 0.258 e. The number of rotatable bonds is 3. The van der Waals surface area contributed by atoms with Crippen LogP contribution in [0, 0.1) is 0 Å². The van der Waals surface area contributed by atoms with E-state index in [-0.39, 0.29) is 5.91 Å². The molecule has 2 aliphatic rings. The molecule has 0 bridgehead atoms. The van der Waals surface area contributed by atoms with Gasteiger partial charge in [-0.3, -0.25) is 4.79 Å². The molecule has 1 saturated heterocycles. The largest absolute Gasteiger partial charge is 0.356 e. The SMILES string of the molecule is CCc1nnc2n1CCN(C(=O)c1cccnc1N1CCCCC1)C2. The molecule has 2 aromatic heterocycles. The minimum absolute atomic E-state index is 0.0426. The molecule has 25 heavy (non-hydrogen) atoms. The lowest BCUT2D eigenvalue weighted by Crippen LogP contribution is -2.40. The molecule has 2 aliphatic heterocycles. The van der Waals surface area contributed by atoms with Crippen LogP contribution in [0.1, 0.15) is 48.2 Å². The van der Waals surface area contributed by atoms with Crippen LogP contribution in [-0.4, -0.2) is 50.2 Å². The minimum Gasteiger partial charge on any atom is -0.356 e. The number of aryl methyl sites for hydroxylation is 1. The summed E-state index contributed by atoms with van der Waals surface area (Å²) in [5, 5.41) is 8.49. The van der Waals surface area contributed by atoms with Gasteiger partial charge in [0.1, 0.15) is 11.6 Å². The Hall–Kier alpha value is -2.44. The number of aromatic nitrogens is 4. The molecule has 4 heterocycles. The van der Waals surface area contributed by atoms with E-state index in [0.29, 0.717) is 18.7 Å². The van der Waals surface area contributed by atoms with Crippen LogP contribution in [0.2, 0.25) is 0 Å². The average Bonchev–Trinajstić information content (AvgIpc) is 3.10. The summed E-state index contributed by atoms with van der Waals surface area (Å²) in [6.07, 6.45) is 6.23. The highest BCUT2D eigenvalue weighted by Crippen LogP contribution is 2.24. The maximum atomic E-state index is 13.2. The standard InChI is InChI=1S/C18H24N6O/c1-2-15-20-21-16-13-23(11-12-24(15)16)18(25)14-7-6-8-19-17(14)22-9-4-3-5-10-22/h6-8H,2-5,9-13H2,1H3. The Morgan fingerprint density at radius 3 is 2.76 bits per heavy atom. The summed E-state index contributed by atoms with van der Waals surface area (Å²) in [5.41, 5.74) is 0.702. The molecular formula is C18H24N6O. The second-order valence-corrected chi connectivity index (χ2v) is 6.69. The van der Waals surface area contributed by atoms with Crippen LogP contribution in [0.5, 0.6) is 0 Å². The van der Waals surface area contributed by atoms with E-state index in [2.05, 4.69) is 31.6 Å². The van der Waals surface area contributed by atoms with Gasteiger partial charge in [0.2, 0.25) is 0 Å². The van der Waals surface area contributed by atoms with E-state index < -0.39 is 0 Å². The van der Waals surface area contributed by atoms with Crippen LogP contribution >= 0.6 is 0 Å². The number of amides is 1. The number of hydrogen-bond acceptors (Lipinski definition) is 5. The fourth-order valence-corrected chi connectivity index (χ4v) is 3.74. The summed E-state index contributed by atoms with van der Waals surface area (Å²) in [6, 6.07) is 3.75. The van der Waals surface area contributed by atoms with Gasteiger partial charge in [0.25, 0.3) is 5.91 Å². The van der Waals surface area contributed by atoms with Gasteiger partial charge in [0, 0.05) is 38.8 Å². The third-order valence-corrected chi connectivity index (χ3v) is 5.11. The molecule has 0 atom stereocenters. The maximum Gasteiger partial charge on any atom is 0.258 e. The first-order valence-electron chi connectivity index (χ1n) is 9.18. The molecule has 132 valence electrons. The summed E-state index contributed by atoms with van der Waals surface area (Å²) >= 11 is 0. The lowest BCUT2D eigenvalue weighted by molar-refractivity contribution is 0.0706. The van der Waals surface area contributed by atoms with Crippen molar-refractivity contribution in [1.82, 2.24) is 24.6 Å². The molecular weight excluding hydrogens is 316 g/mol. The molecule has 4 rings (SSSR count). The first-order chi connectivity index (χ1) is 12.3. The Bertz CT molecular complexity index is 765. The number of nitrogens with zero attached hydrogens (tertiary/aromatic N) is 6. The molecule has 1 fully saturated rings. The van der Waals surface area contributed by atoms with Crippen LogP contribution in [0.3, 0.4) is 0 Å². The number of piperidine rings is 1. The number of pyridine rings is 1. The van der Waals surface area contributed by atoms with Gasteiger partial charge in [-0.15, -0.1) is 10.2 Å². The Morgan fingerprint density at radius 2 is 1.96 bits per heavy atom. The van der Waals surface area contributed by atoms with Crippen molar-refractivity contribution in [3.05, 3.63) is 35.5 Å². The fraction of sp³-hybridized carbons (Fsp3) is 0.556. The van der Waals surface area contributed by atoms with Gasteiger partial charge < -0.3 is 14.4 Å². The molecule has 0 unspecified atom stereocenters. The van der Waals surface area contributed by atoms with Crippen molar-refractivity contribution < 1.29 is 4.79 Å². The van der Waals surface area contributed by atoms with E-state index in [0.717, 1.165) is 56.4 Å². The molecule has 0 saturated carbocycles. The molecule has 0 aromatic carbocycles. The van der Waals surface area contributed by atoms with Crippen molar-refractivity contribution in [2.24, 2.45) is 0 Å². The molecule has 0 radical (unpaired) electrons. The van der Waals surface area contributed by atoms with Crippen LogP contribution in [0.25, 0.3) is 0 Å². The summed E-state index contributed by atoms with van der Waals surface area (Å²) in [7, 11) is 0.